The molecule has 11 unspecified atom stereocenters. The SMILES string of the molecule is CC1CCc2cc3ccc2C1CC(S(=O)(=O)O)C1C=C2CC(CC4CC(CO)CC#Cc5cc(O)ccc5C2O4)C1c1ccc(cc1)C(CC(Cc1ccccc1)C1(O)CCCCC1)(N=C(N)N)O3. The molecule has 8 N–H and O–H groups in total. The minimum atomic E-state index is -4.66. The molecule has 364 valence electrons. The van der Waals surface area contributed by atoms with Gasteiger partial charge in [0.15, 0.2) is 5.96 Å². The normalized spacial score (nSPS) is 30.8. The Balaban J connectivity index is 1.17. The molecule has 12 rings (SSSR count). The van der Waals surface area contributed by atoms with Gasteiger partial charge in [0.2, 0.25) is 5.72 Å². The molecule has 5 aliphatic heterocycles. The number of aryl methyl sites for hydroxylation is 1. The van der Waals surface area contributed by atoms with Crippen molar-refractivity contribution in [2.24, 2.45) is 46.0 Å². The first-order chi connectivity index (χ1) is 33.2. The van der Waals surface area contributed by atoms with Crippen LogP contribution in [0.25, 0.3) is 0 Å². The number of aromatic hydroxyl groups is 1. The second-order valence-corrected chi connectivity index (χ2v) is 23.0. The monoisotopic (exact) mass is 953 g/mol. The Morgan fingerprint density at radius 3 is 2.45 bits per heavy atom. The minimum absolute atomic E-state index is 0.0660. The molecule has 0 amide bonds. The van der Waals surface area contributed by atoms with Crippen LogP contribution >= 0.6 is 0 Å². The fraction of sp³-hybridized carbons (Fsp3) is 0.491. The number of aliphatic hydroxyl groups is 2. The number of fused-ring (bicyclic) bond motifs is 9. The topological polar surface area (TPSA) is 198 Å². The van der Waals surface area contributed by atoms with Crippen LogP contribution in [0, 0.1) is 41.4 Å². The molecular weight excluding hydrogens is 887 g/mol. The van der Waals surface area contributed by atoms with Gasteiger partial charge in [0, 0.05) is 42.1 Å². The third kappa shape index (κ3) is 9.70. The van der Waals surface area contributed by atoms with Gasteiger partial charge in [-0.25, -0.2) is 4.99 Å². The third-order valence-corrected chi connectivity index (χ3v) is 18.2. The van der Waals surface area contributed by atoms with Crippen molar-refractivity contribution in [1.82, 2.24) is 0 Å². The predicted molar refractivity (Wildman–Crippen MR) is 267 cm³/mol. The zero-order valence-corrected chi connectivity index (χ0v) is 40.4. The van der Waals surface area contributed by atoms with Crippen LogP contribution < -0.4 is 16.2 Å². The van der Waals surface area contributed by atoms with Gasteiger partial charge in [-0.2, -0.15) is 8.42 Å². The molecule has 4 aromatic carbocycles. The third-order valence-electron chi connectivity index (χ3n) is 16.9. The van der Waals surface area contributed by atoms with Gasteiger partial charge in [-0.1, -0.05) is 111 Å². The Morgan fingerprint density at radius 2 is 1.71 bits per heavy atom. The first-order valence-electron chi connectivity index (χ1n) is 25.2. The molecule has 11 atom stereocenters. The quantitative estimate of drug-likeness (QED) is 0.0326. The maximum absolute atomic E-state index is 14.3. The summed E-state index contributed by atoms with van der Waals surface area (Å²) in [5.74, 6) is 5.34. The standard InChI is InChI=1S/C57H67N3O8S/c1-35-13-14-40-29-46-20-22-48(40)50(35)32-52(69(64,65)66)51-31-42-27-41(30-47-26-37(34-61)11-8-12-39-28-45(62)19-21-49(39)54(42)67-47)53(51)38-15-17-43(18-16-38)57(68-46,60-55(58)59)33-44(25-36-9-4-2-5-10-36)56(63)23-6-3-7-24-56/h2,4-5,9-10,15-22,28-29,31,35,37,41,44,47,50-54,61-63H,3,6-7,11,13-14,23-27,30,32-34H2,1H3,(H4,58,59,60)(H,64,65,66). The van der Waals surface area contributed by atoms with Crippen LogP contribution in [0.4, 0.5) is 0 Å². The lowest BCUT2D eigenvalue weighted by molar-refractivity contribution is -0.0789. The summed E-state index contributed by atoms with van der Waals surface area (Å²) in [5, 5.41) is 32.8. The Hall–Kier alpha value is -5.16. The Morgan fingerprint density at radius 1 is 0.942 bits per heavy atom. The lowest BCUT2D eigenvalue weighted by atomic mass is 9.64. The van der Waals surface area contributed by atoms with Crippen molar-refractivity contribution in [2.45, 2.75) is 137 Å². The van der Waals surface area contributed by atoms with E-state index in [-0.39, 0.29) is 72.8 Å². The Labute approximate surface area is 407 Å². The van der Waals surface area contributed by atoms with E-state index in [1.807, 2.05) is 42.5 Å². The van der Waals surface area contributed by atoms with Crippen molar-refractivity contribution in [3.05, 3.63) is 142 Å². The highest BCUT2D eigenvalue weighted by Gasteiger charge is 2.50. The van der Waals surface area contributed by atoms with E-state index < -0.39 is 38.7 Å². The van der Waals surface area contributed by atoms with Crippen molar-refractivity contribution in [2.75, 3.05) is 6.61 Å². The van der Waals surface area contributed by atoms with Gasteiger partial charge < -0.3 is 36.3 Å². The van der Waals surface area contributed by atoms with E-state index in [9.17, 15) is 28.3 Å². The van der Waals surface area contributed by atoms with E-state index in [4.69, 9.17) is 25.9 Å². The highest BCUT2D eigenvalue weighted by atomic mass is 32.2. The van der Waals surface area contributed by atoms with Gasteiger partial charge in [-0.05, 0) is 145 Å². The fourth-order valence-electron chi connectivity index (χ4n) is 13.5. The highest BCUT2D eigenvalue weighted by molar-refractivity contribution is 7.86. The maximum atomic E-state index is 14.3. The highest BCUT2D eigenvalue weighted by Crippen LogP contribution is 2.55. The summed E-state index contributed by atoms with van der Waals surface area (Å²) >= 11 is 0. The smallest absolute Gasteiger partial charge is 0.268 e. The molecule has 0 aromatic heterocycles. The number of benzene rings is 4. The number of hydrogen-bond acceptors (Lipinski definition) is 8. The summed E-state index contributed by atoms with van der Waals surface area (Å²) in [4.78, 5) is 5.06. The van der Waals surface area contributed by atoms with E-state index in [1.54, 1.807) is 12.1 Å². The lowest BCUT2D eigenvalue weighted by Crippen LogP contribution is -2.47. The molecule has 4 aromatic rings. The number of rotatable bonds is 8. The summed E-state index contributed by atoms with van der Waals surface area (Å²) in [6.45, 7) is 2.11. The average Bonchev–Trinajstić information content (AvgIpc) is 3.45. The molecule has 5 heterocycles. The van der Waals surface area contributed by atoms with Crippen molar-refractivity contribution in [3.8, 4) is 23.3 Å². The zero-order valence-electron chi connectivity index (χ0n) is 39.5. The molecule has 12 heteroatoms. The molecule has 3 aliphatic carbocycles. The molecule has 1 saturated carbocycles. The van der Waals surface area contributed by atoms with Crippen molar-refractivity contribution < 1.29 is 37.8 Å². The van der Waals surface area contributed by atoms with Crippen LogP contribution in [-0.2, 0) is 33.4 Å². The van der Waals surface area contributed by atoms with Gasteiger partial charge in [-0.3, -0.25) is 4.55 Å². The van der Waals surface area contributed by atoms with Gasteiger partial charge in [0.25, 0.3) is 10.1 Å². The van der Waals surface area contributed by atoms with Crippen LogP contribution in [0.5, 0.6) is 11.5 Å². The number of hydrogen-bond donors (Lipinski definition) is 6. The van der Waals surface area contributed by atoms with Gasteiger partial charge in [-0.15, -0.1) is 0 Å². The maximum Gasteiger partial charge on any atom is 0.268 e. The number of allylic oxidation sites excluding steroid dienone is 1. The molecule has 0 radical (unpaired) electrons. The average molecular weight is 954 g/mol. The molecule has 10 bridgehead atoms. The first-order valence-corrected chi connectivity index (χ1v) is 26.7. The minimum Gasteiger partial charge on any atom is -0.508 e. The van der Waals surface area contributed by atoms with Crippen LogP contribution in [0.3, 0.4) is 0 Å². The second-order valence-electron chi connectivity index (χ2n) is 21.3. The predicted octanol–water partition coefficient (Wildman–Crippen LogP) is 9.10. The first kappa shape index (κ1) is 47.5. The van der Waals surface area contributed by atoms with Crippen molar-refractivity contribution in [1.29, 1.82) is 0 Å². The van der Waals surface area contributed by atoms with Crippen LogP contribution in [-0.4, -0.2) is 57.8 Å². The number of ether oxygens (including phenoxy) is 2. The number of aliphatic hydroxyl groups excluding tert-OH is 1. The summed E-state index contributed by atoms with van der Waals surface area (Å²) in [6.07, 6.45) is 10.2. The fourth-order valence-corrected chi connectivity index (χ4v) is 14.6. The molecule has 11 nitrogen and oxygen atoms in total. The number of nitrogens with zero attached hydrogens (tertiary/aromatic N) is 1. The van der Waals surface area contributed by atoms with Gasteiger partial charge >= 0.3 is 0 Å². The summed E-state index contributed by atoms with van der Waals surface area (Å²) < 4.78 is 54.6. The number of phenolic OH excluding ortho intramolecular Hbond substituents is 1. The van der Waals surface area contributed by atoms with E-state index in [1.165, 1.54) is 0 Å². The van der Waals surface area contributed by atoms with E-state index in [0.29, 0.717) is 61.8 Å². The van der Waals surface area contributed by atoms with Crippen LogP contribution in [0.15, 0.2) is 108 Å². The molecule has 69 heavy (non-hydrogen) atoms. The zero-order chi connectivity index (χ0) is 48.1. The number of nitrogens with two attached hydrogens (primary N) is 2. The van der Waals surface area contributed by atoms with Crippen LogP contribution in [0.2, 0.25) is 0 Å². The molecule has 8 aliphatic rings. The van der Waals surface area contributed by atoms with Gasteiger partial charge in [0.05, 0.1) is 17.0 Å². The largest absolute Gasteiger partial charge is 0.508 e. The summed E-state index contributed by atoms with van der Waals surface area (Å²) in [6, 6.07) is 29.5. The number of aliphatic imine (C=N–C) groups is 1. The lowest BCUT2D eigenvalue weighted by Gasteiger charge is -2.44. The van der Waals surface area contributed by atoms with Crippen molar-refractivity contribution in [3.63, 3.8) is 0 Å². The Bertz CT molecular complexity index is 2760. The molecule has 2 fully saturated rings. The number of phenols is 1. The van der Waals surface area contributed by atoms with Crippen molar-refractivity contribution >= 4 is 16.1 Å². The van der Waals surface area contributed by atoms with E-state index >= 15 is 0 Å². The summed E-state index contributed by atoms with van der Waals surface area (Å²) in [7, 11) is -4.66. The van der Waals surface area contributed by atoms with E-state index in [0.717, 1.165) is 65.5 Å². The van der Waals surface area contributed by atoms with Crippen LogP contribution in [0.1, 0.15) is 141 Å². The Kier molecular flexibility index (Phi) is 13.2. The summed E-state index contributed by atoms with van der Waals surface area (Å²) in [5.41, 5.74) is 17.6. The molecular formula is C57H67N3O8S. The number of guanidine groups is 1. The molecule has 1 saturated heterocycles. The van der Waals surface area contributed by atoms with E-state index in [2.05, 4.69) is 61.2 Å². The molecule has 0 spiro atoms. The van der Waals surface area contributed by atoms with Gasteiger partial charge in [0.1, 0.15) is 17.6 Å². The second kappa shape index (κ2) is 19.2.